The van der Waals surface area contributed by atoms with E-state index in [0.29, 0.717) is 27.6 Å². The maximum absolute atomic E-state index is 12.2. The van der Waals surface area contributed by atoms with Gasteiger partial charge in [-0.25, -0.2) is 9.97 Å². The number of anilines is 1. The van der Waals surface area contributed by atoms with Crippen LogP contribution in [0, 0.1) is 0 Å². The SMILES string of the molecule is O=C(Nc1nc(C2CC2)cs1)c1ccc(Oc2nccs2)cc1. The minimum atomic E-state index is -0.164. The van der Waals surface area contributed by atoms with E-state index in [2.05, 4.69) is 15.3 Å². The molecule has 23 heavy (non-hydrogen) atoms. The molecule has 1 aliphatic rings. The monoisotopic (exact) mass is 343 g/mol. The first-order valence-electron chi connectivity index (χ1n) is 7.22. The van der Waals surface area contributed by atoms with E-state index in [1.54, 1.807) is 30.5 Å². The Balaban J connectivity index is 1.41. The lowest BCUT2D eigenvalue weighted by Gasteiger charge is -2.04. The van der Waals surface area contributed by atoms with Gasteiger partial charge in [0.25, 0.3) is 11.1 Å². The normalized spacial score (nSPS) is 13.7. The lowest BCUT2D eigenvalue weighted by molar-refractivity contribution is 0.102. The third-order valence-electron chi connectivity index (χ3n) is 3.47. The van der Waals surface area contributed by atoms with Crippen molar-refractivity contribution in [1.29, 1.82) is 0 Å². The number of ether oxygens (including phenoxy) is 1. The summed E-state index contributed by atoms with van der Waals surface area (Å²) in [6.07, 6.45) is 4.10. The molecule has 2 aromatic heterocycles. The first kappa shape index (κ1) is 14.3. The van der Waals surface area contributed by atoms with Crippen LogP contribution in [0.25, 0.3) is 0 Å². The van der Waals surface area contributed by atoms with E-state index >= 15 is 0 Å². The van der Waals surface area contributed by atoms with E-state index in [-0.39, 0.29) is 5.91 Å². The van der Waals surface area contributed by atoms with Gasteiger partial charge in [-0.3, -0.25) is 10.1 Å². The van der Waals surface area contributed by atoms with Gasteiger partial charge >= 0.3 is 0 Å². The van der Waals surface area contributed by atoms with Crippen molar-refractivity contribution in [3.8, 4) is 10.9 Å². The Labute approximate surface area is 141 Å². The van der Waals surface area contributed by atoms with Crippen LogP contribution < -0.4 is 10.1 Å². The van der Waals surface area contributed by atoms with Crippen LogP contribution in [0.4, 0.5) is 5.13 Å². The van der Waals surface area contributed by atoms with Gasteiger partial charge in [0.05, 0.1) is 5.69 Å². The zero-order chi connectivity index (χ0) is 15.6. The van der Waals surface area contributed by atoms with Crippen LogP contribution in [0.1, 0.15) is 34.8 Å². The lowest BCUT2D eigenvalue weighted by Crippen LogP contribution is -2.11. The summed E-state index contributed by atoms with van der Waals surface area (Å²) in [4.78, 5) is 20.8. The topological polar surface area (TPSA) is 64.1 Å². The third-order valence-corrected chi connectivity index (χ3v) is 4.89. The van der Waals surface area contributed by atoms with Gasteiger partial charge in [-0.05, 0) is 37.1 Å². The van der Waals surface area contributed by atoms with Crippen molar-refractivity contribution >= 4 is 33.7 Å². The summed E-state index contributed by atoms with van der Waals surface area (Å²) in [6, 6.07) is 6.98. The molecule has 1 fully saturated rings. The first-order chi connectivity index (χ1) is 11.3. The van der Waals surface area contributed by atoms with Gasteiger partial charge < -0.3 is 4.74 Å². The molecular formula is C16H13N3O2S2. The molecule has 1 N–H and O–H groups in total. The Morgan fingerprint density at radius 2 is 2.04 bits per heavy atom. The van der Waals surface area contributed by atoms with E-state index in [9.17, 15) is 4.79 Å². The van der Waals surface area contributed by atoms with Gasteiger partial charge in [-0.15, -0.1) is 11.3 Å². The Bertz CT molecular complexity index is 808. The number of thiazole rings is 2. The molecule has 0 atom stereocenters. The molecule has 7 heteroatoms. The zero-order valence-corrected chi connectivity index (χ0v) is 13.7. The summed E-state index contributed by atoms with van der Waals surface area (Å²) in [5, 5.41) is 7.95. The summed E-state index contributed by atoms with van der Waals surface area (Å²) < 4.78 is 5.57. The first-order valence-corrected chi connectivity index (χ1v) is 8.98. The highest BCUT2D eigenvalue weighted by molar-refractivity contribution is 7.14. The molecule has 1 aromatic carbocycles. The predicted molar refractivity (Wildman–Crippen MR) is 90.7 cm³/mol. The van der Waals surface area contributed by atoms with Crippen LogP contribution in [0.2, 0.25) is 0 Å². The van der Waals surface area contributed by atoms with Gasteiger partial charge in [0.2, 0.25) is 0 Å². The maximum atomic E-state index is 12.2. The smallest absolute Gasteiger partial charge is 0.278 e. The number of hydrogen-bond donors (Lipinski definition) is 1. The van der Waals surface area contributed by atoms with Crippen molar-refractivity contribution in [2.75, 3.05) is 5.32 Å². The van der Waals surface area contributed by atoms with Gasteiger partial charge in [0.1, 0.15) is 5.75 Å². The van der Waals surface area contributed by atoms with Crippen LogP contribution in [-0.2, 0) is 0 Å². The van der Waals surface area contributed by atoms with Crippen LogP contribution >= 0.6 is 22.7 Å². The molecule has 116 valence electrons. The van der Waals surface area contributed by atoms with Gasteiger partial charge in [-0.1, -0.05) is 11.3 Å². The molecule has 1 saturated carbocycles. The fourth-order valence-corrected chi connectivity index (χ4v) is 3.41. The fraction of sp³-hybridized carbons (Fsp3) is 0.188. The highest BCUT2D eigenvalue weighted by atomic mass is 32.1. The summed E-state index contributed by atoms with van der Waals surface area (Å²) in [5.74, 6) is 1.09. The molecule has 2 heterocycles. The summed E-state index contributed by atoms with van der Waals surface area (Å²) in [7, 11) is 0. The molecule has 5 nitrogen and oxygen atoms in total. The second-order valence-electron chi connectivity index (χ2n) is 5.23. The van der Waals surface area contributed by atoms with E-state index in [1.165, 1.54) is 35.5 Å². The third kappa shape index (κ3) is 3.40. The Morgan fingerprint density at radius 1 is 1.22 bits per heavy atom. The standard InChI is InChI=1S/C16H13N3O2S2/c20-14(19-15-18-13(9-23-15)10-1-2-10)11-3-5-12(6-4-11)21-16-17-7-8-22-16/h3-10H,1-2H2,(H,18,19,20). The number of nitrogens with zero attached hydrogens (tertiary/aromatic N) is 2. The lowest BCUT2D eigenvalue weighted by atomic mass is 10.2. The minimum Gasteiger partial charge on any atom is -0.431 e. The number of hydrogen-bond acceptors (Lipinski definition) is 6. The molecule has 4 rings (SSSR count). The quantitative estimate of drug-likeness (QED) is 0.739. The second kappa shape index (κ2) is 6.10. The molecular weight excluding hydrogens is 330 g/mol. The van der Waals surface area contributed by atoms with E-state index in [0.717, 1.165) is 5.69 Å². The molecule has 1 amide bonds. The predicted octanol–water partition coefficient (Wildman–Crippen LogP) is 4.52. The second-order valence-corrected chi connectivity index (χ2v) is 6.95. The summed E-state index contributed by atoms with van der Waals surface area (Å²) in [5.41, 5.74) is 1.66. The number of carbonyl (C=O) groups is 1. The number of amides is 1. The minimum absolute atomic E-state index is 0.164. The van der Waals surface area contributed by atoms with Gasteiger partial charge in [0, 0.05) is 28.4 Å². The molecule has 0 unspecified atom stereocenters. The largest absolute Gasteiger partial charge is 0.431 e. The average molecular weight is 343 g/mol. The van der Waals surface area contributed by atoms with E-state index in [4.69, 9.17) is 4.74 Å². The Hall–Kier alpha value is -2.25. The van der Waals surface area contributed by atoms with Gasteiger partial charge in [0.15, 0.2) is 5.13 Å². The van der Waals surface area contributed by atoms with Crippen molar-refractivity contribution in [2.24, 2.45) is 0 Å². The number of benzene rings is 1. The molecule has 0 saturated heterocycles. The number of aromatic nitrogens is 2. The maximum Gasteiger partial charge on any atom is 0.278 e. The van der Waals surface area contributed by atoms with Crippen molar-refractivity contribution in [2.45, 2.75) is 18.8 Å². The van der Waals surface area contributed by atoms with Crippen molar-refractivity contribution in [3.63, 3.8) is 0 Å². The van der Waals surface area contributed by atoms with Crippen molar-refractivity contribution in [1.82, 2.24) is 9.97 Å². The fourth-order valence-electron chi connectivity index (χ4n) is 2.12. The summed E-state index contributed by atoms with van der Waals surface area (Å²) >= 11 is 2.89. The summed E-state index contributed by atoms with van der Waals surface area (Å²) in [6.45, 7) is 0. The highest BCUT2D eigenvalue weighted by Crippen LogP contribution is 2.40. The number of nitrogens with one attached hydrogen (secondary N) is 1. The molecule has 1 aliphatic carbocycles. The van der Waals surface area contributed by atoms with Crippen LogP contribution in [0.3, 0.4) is 0 Å². The molecule has 0 spiro atoms. The van der Waals surface area contributed by atoms with E-state index < -0.39 is 0 Å². The van der Waals surface area contributed by atoms with Gasteiger partial charge in [-0.2, -0.15) is 0 Å². The van der Waals surface area contributed by atoms with Crippen molar-refractivity contribution < 1.29 is 9.53 Å². The molecule has 0 aliphatic heterocycles. The number of rotatable bonds is 5. The van der Waals surface area contributed by atoms with E-state index in [1.807, 2.05) is 10.8 Å². The Morgan fingerprint density at radius 3 is 2.74 bits per heavy atom. The van der Waals surface area contributed by atoms with Crippen LogP contribution in [-0.4, -0.2) is 15.9 Å². The molecule has 0 bridgehead atoms. The van der Waals surface area contributed by atoms with Crippen LogP contribution in [0.5, 0.6) is 10.9 Å². The highest BCUT2D eigenvalue weighted by Gasteiger charge is 2.26. The zero-order valence-electron chi connectivity index (χ0n) is 12.1. The average Bonchev–Trinajstić information content (AvgIpc) is 3.09. The molecule has 3 aromatic rings. The Kier molecular flexibility index (Phi) is 3.80. The number of carbonyl (C=O) groups excluding carboxylic acids is 1. The van der Waals surface area contributed by atoms with Crippen LogP contribution in [0.15, 0.2) is 41.2 Å². The van der Waals surface area contributed by atoms with Crippen molar-refractivity contribution in [3.05, 3.63) is 52.5 Å². The molecule has 0 radical (unpaired) electrons.